The van der Waals surface area contributed by atoms with Gasteiger partial charge in [-0.3, -0.25) is 38.5 Å². The van der Waals surface area contributed by atoms with Crippen molar-refractivity contribution >= 4 is 47.6 Å². The number of nitrogens with one attached hydrogen (secondary N) is 5. The van der Waals surface area contributed by atoms with Gasteiger partial charge < -0.3 is 59.9 Å². The van der Waals surface area contributed by atoms with Crippen LogP contribution in [0.25, 0.3) is 0 Å². The van der Waals surface area contributed by atoms with Crippen molar-refractivity contribution < 1.29 is 66.9 Å². The molecular weight excluding hydrogens is 923 g/mol. The molecule has 400 valence electrons. The SMILES string of the molecule is CC(C)(CNC(=O)CC(C)(C)COC(C)(C)CNC(=O)c1cc(OCCNC(=O)CCOCCOCCNC(=O)CCN2C(=O)C=CC2=O)cc(C(=O)NCC(C)(C)COCC(C)(C)CC=O)c1)CON. The van der Waals surface area contributed by atoms with Crippen LogP contribution in [-0.2, 0) is 52.6 Å². The molecular formula is C50H81N7O14. The van der Waals surface area contributed by atoms with Crippen molar-refractivity contribution in [2.45, 2.75) is 101 Å². The van der Waals surface area contributed by atoms with E-state index in [0.29, 0.717) is 26.2 Å². The van der Waals surface area contributed by atoms with Gasteiger partial charge in [-0.15, -0.1) is 0 Å². The van der Waals surface area contributed by atoms with E-state index in [1.807, 2.05) is 69.2 Å². The zero-order valence-electron chi connectivity index (χ0n) is 43.6. The molecule has 7 N–H and O–H groups in total. The number of carbonyl (C=O) groups is 8. The molecule has 0 fully saturated rings. The molecule has 1 aliphatic heterocycles. The minimum Gasteiger partial charge on any atom is -0.492 e. The molecule has 0 unspecified atom stereocenters. The number of hydrogen-bond acceptors (Lipinski definition) is 15. The van der Waals surface area contributed by atoms with Gasteiger partial charge in [-0.05, 0) is 42.9 Å². The minimum absolute atomic E-state index is 0.00000378. The maximum atomic E-state index is 13.7. The molecule has 0 aromatic heterocycles. The van der Waals surface area contributed by atoms with Gasteiger partial charge in [-0.2, -0.15) is 0 Å². The highest BCUT2D eigenvalue weighted by Gasteiger charge is 2.30. The van der Waals surface area contributed by atoms with Crippen molar-refractivity contribution in [1.82, 2.24) is 31.5 Å². The molecule has 7 amide bonds. The Morgan fingerprint density at radius 3 is 1.72 bits per heavy atom. The summed E-state index contributed by atoms with van der Waals surface area (Å²) < 4.78 is 29.0. The van der Waals surface area contributed by atoms with E-state index in [0.717, 1.165) is 23.3 Å². The smallest absolute Gasteiger partial charge is 0.253 e. The van der Waals surface area contributed by atoms with Crippen LogP contribution < -0.4 is 37.2 Å². The molecule has 21 heteroatoms. The van der Waals surface area contributed by atoms with E-state index in [4.69, 9.17) is 34.4 Å². The van der Waals surface area contributed by atoms with E-state index >= 15 is 0 Å². The van der Waals surface area contributed by atoms with Crippen LogP contribution >= 0.6 is 0 Å². The van der Waals surface area contributed by atoms with Gasteiger partial charge in [0.05, 0.1) is 65.0 Å². The average molecular weight is 1000 g/mol. The summed E-state index contributed by atoms with van der Waals surface area (Å²) in [4.78, 5) is 104. The number of aldehydes is 1. The minimum atomic E-state index is -0.839. The third-order valence-corrected chi connectivity index (χ3v) is 10.8. The monoisotopic (exact) mass is 1000 g/mol. The van der Waals surface area contributed by atoms with Gasteiger partial charge >= 0.3 is 0 Å². The molecule has 71 heavy (non-hydrogen) atoms. The number of carbonyl (C=O) groups excluding carboxylic acids is 8. The summed E-state index contributed by atoms with van der Waals surface area (Å²) in [6, 6.07) is 4.49. The van der Waals surface area contributed by atoms with E-state index in [1.165, 1.54) is 18.2 Å². The van der Waals surface area contributed by atoms with Gasteiger partial charge in [-0.25, -0.2) is 5.90 Å². The van der Waals surface area contributed by atoms with Crippen LogP contribution in [0.4, 0.5) is 0 Å². The fourth-order valence-corrected chi connectivity index (χ4v) is 6.46. The van der Waals surface area contributed by atoms with Crippen molar-refractivity contribution in [2.24, 2.45) is 27.6 Å². The zero-order valence-corrected chi connectivity index (χ0v) is 43.6. The Bertz CT molecular complexity index is 1950. The highest BCUT2D eigenvalue weighted by atomic mass is 16.6. The third kappa shape index (κ3) is 26.6. The fraction of sp³-hybridized carbons (Fsp3) is 0.680. The van der Waals surface area contributed by atoms with E-state index < -0.39 is 40.1 Å². The average Bonchev–Trinajstić information content (AvgIpc) is 3.61. The van der Waals surface area contributed by atoms with Crippen LogP contribution in [0.15, 0.2) is 30.4 Å². The summed E-state index contributed by atoms with van der Waals surface area (Å²) in [6.07, 6.45) is 3.82. The Hall–Kier alpha value is -5.32. The second-order valence-electron chi connectivity index (χ2n) is 21.4. The lowest BCUT2D eigenvalue weighted by atomic mass is 9.89. The van der Waals surface area contributed by atoms with Crippen molar-refractivity contribution in [3.05, 3.63) is 41.5 Å². The van der Waals surface area contributed by atoms with Crippen LogP contribution in [0.1, 0.15) is 116 Å². The summed E-state index contributed by atoms with van der Waals surface area (Å²) in [6.45, 7) is 22.2. The number of hydrogen-bond donors (Lipinski definition) is 6. The fourth-order valence-electron chi connectivity index (χ4n) is 6.46. The molecule has 1 aromatic carbocycles. The lowest BCUT2D eigenvalue weighted by molar-refractivity contribution is -0.137. The van der Waals surface area contributed by atoms with Gasteiger partial charge in [-0.1, -0.05) is 55.4 Å². The van der Waals surface area contributed by atoms with Crippen molar-refractivity contribution in [3.63, 3.8) is 0 Å². The number of ether oxygens (including phenoxy) is 5. The zero-order chi connectivity index (χ0) is 53.3. The molecule has 0 atom stereocenters. The maximum Gasteiger partial charge on any atom is 0.253 e. The lowest BCUT2D eigenvalue weighted by Crippen LogP contribution is -2.43. The van der Waals surface area contributed by atoms with E-state index in [1.54, 1.807) is 0 Å². The molecule has 0 aliphatic carbocycles. The quantitative estimate of drug-likeness (QED) is 0.0242. The summed E-state index contributed by atoms with van der Waals surface area (Å²) in [7, 11) is 0. The predicted octanol–water partition coefficient (Wildman–Crippen LogP) is 2.40. The first-order valence-corrected chi connectivity index (χ1v) is 24.0. The summed E-state index contributed by atoms with van der Waals surface area (Å²) in [5.74, 6) is 2.88. The second-order valence-corrected chi connectivity index (χ2v) is 21.4. The first-order chi connectivity index (χ1) is 33.2. The third-order valence-electron chi connectivity index (χ3n) is 10.8. The van der Waals surface area contributed by atoms with E-state index in [-0.39, 0.29) is 144 Å². The van der Waals surface area contributed by atoms with Gasteiger partial charge in [0.2, 0.25) is 17.7 Å². The van der Waals surface area contributed by atoms with E-state index in [9.17, 15) is 38.4 Å². The van der Waals surface area contributed by atoms with Crippen molar-refractivity contribution in [2.75, 3.05) is 98.7 Å². The normalized spacial score (nSPS) is 13.3. The number of rotatable bonds is 37. The van der Waals surface area contributed by atoms with Gasteiger partial charge in [0.1, 0.15) is 18.6 Å². The Labute approximate surface area is 419 Å². The van der Waals surface area contributed by atoms with Crippen molar-refractivity contribution in [3.8, 4) is 5.75 Å². The number of imide groups is 1. The molecule has 1 heterocycles. The van der Waals surface area contributed by atoms with Crippen LogP contribution in [-0.4, -0.2) is 157 Å². The molecule has 2 rings (SSSR count). The maximum absolute atomic E-state index is 13.7. The lowest BCUT2D eigenvalue weighted by Gasteiger charge is -2.32. The van der Waals surface area contributed by atoms with Gasteiger partial charge in [0, 0.05) is 92.5 Å². The first kappa shape index (κ1) is 61.8. The second kappa shape index (κ2) is 29.9. The standard InChI is InChI=1S/C50H81N7O14/c1-46(2,15-19-58)32-68-33-48(5,6)30-55-44(64)36-25-37(45(65)56-31-50(9,10)70-34-47(3,4)28-41(61)54-29-49(7,8)35-71-51)27-38(26-36)69-22-17-53-40(60)14-20-66-23-24-67-21-16-52-39(59)13-18-57-42(62)11-12-43(57)63/h11-12,19,25-27H,13-18,20-24,28-35,51H2,1-10H3,(H,52,59)(H,53,60)(H,54,61)(H,55,64)(H,56,65). The highest BCUT2D eigenvalue weighted by Crippen LogP contribution is 2.25. The summed E-state index contributed by atoms with van der Waals surface area (Å²) >= 11 is 0. The Morgan fingerprint density at radius 2 is 1.11 bits per heavy atom. The molecule has 0 bridgehead atoms. The largest absolute Gasteiger partial charge is 0.492 e. The highest BCUT2D eigenvalue weighted by molar-refractivity contribution is 6.13. The van der Waals surface area contributed by atoms with Crippen LogP contribution in [0.5, 0.6) is 5.75 Å². The van der Waals surface area contributed by atoms with Crippen LogP contribution in [0.3, 0.4) is 0 Å². The Kier molecular flexibility index (Phi) is 26.0. The molecule has 0 radical (unpaired) electrons. The molecule has 1 aliphatic rings. The topological polar surface area (TPSA) is 281 Å². The Balaban J connectivity index is 1.92. The number of amides is 7. The molecule has 1 aromatic rings. The van der Waals surface area contributed by atoms with Crippen LogP contribution in [0, 0.1) is 21.7 Å². The summed E-state index contributed by atoms with van der Waals surface area (Å²) in [5.41, 5.74) is -2.17. The predicted molar refractivity (Wildman–Crippen MR) is 264 cm³/mol. The number of benzene rings is 1. The van der Waals surface area contributed by atoms with Crippen molar-refractivity contribution in [1.29, 1.82) is 0 Å². The van der Waals surface area contributed by atoms with Gasteiger partial charge in [0.15, 0.2) is 0 Å². The molecule has 0 spiro atoms. The molecule has 21 nitrogen and oxygen atoms in total. The number of nitrogens with zero attached hydrogens (tertiary/aromatic N) is 1. The van der Waals surface area contributed by atoms with Gasteiger partial charge in [0.25, 0.3) is 23.6 Å². The Morgan fingerprint density at radius 1 is 0.577 bits per heavy atom. The first-order valence-electron chi connectivity index (χ1n) is 24.0. The van der Waals surface area contributed by atoms with E-state index in [2.05, 4.69) is 26.6 Å². The summed E-state index contributed by atoms with van der Waals surface area (Å²) in [5, 5.41) is 14.2. The molecule has 0 saturated heterocycles. The van der Waals surface area contributed by atoms with Crippen LogP contribution in [0.2, 0.25) is 0 Å². The molecule has 0 saturated carbocycles. The number of nitrogens with two attached hydrogens (primary N) is 1.